The number of nitrogens with two attached hydrogens (primary N) is 1. The molecule has 2 aromatic rings. The lowest BCUT2D eigenvalue weighted by Gasteiger charge is -2.10. The Kier molecular flexibility index (Phi) is 3.02. The van der Waals surface area contributed by atoms with E-state index in [-0.39, 0.29) is 5.69 Å². The van der Waals surface area contributed by atoms with Crippen LogP contribution in [0, 0.1) is 0 Å². The molecule has 3 rings (SSSR count). The fraction of sp³-hybridized carbons (Fsp3) is 0.200. The van der Waals surface area contributed by atoms with Crippen LogP contribution in [0.1, 0.15) is 28.0 Å². The van der Waals surface area contributed by atoms with E-state index in [2.05, 4.69) is 22.4 Å². The van der Waals surface area contributed by atoms with E-state index in [1.165, 1.54) is 23.6 Å². The highest BCUT2D eigenvalue weighted by atomic mass is 16.4. The van der Waals surface area contributed by atoms with Crippen molar-refractivity contribution in [2.45, 2.75) is 19.3 Å². The van der Waals surface area contributed by atoms with Gasteiger partial charge >= 0.3 is 5.97 Å². The van der Waals surface area contributed by atoms with Gasteiger partial charge in [0.25, 0.3) is 0 Å². The molecule has 0 fully saturated rings. The largest absolute Gasteiger partial charge is 0.477 e. The van der Waals surface area contributed by atoms with Gasteiger partial charge in [-0.25, -0.2) is 9.78 Å². The lowest BCUT2D eigenvalue weighted by Crippen LogP contribution is -2.06. The number of nitrogen functional groups attached to an aromatic ring is 1. The average molecular weight is 269 g/mol. The van der Waals surface area contributed by atoms with Crippen LogP contribution in [0.25, 0.3) is 0 Å². The molecular weight excluding hydrogens is 254 g/mol. The molecule has 1 aromatic heterocycles. The van der Waals surface area contributed by atoms with Crippen molar-refractivity contribution >= 4 is 23.2 Å². The number of pyridine rings is 1. The van der Waals surface area contributed by atoms with E-state index in [4.69, 9.17) is 10.8 Å². The third-order valence-electron chi connectivity index (χ3n) is 3.51. The molecule has 5 heteroatoms. The number of aromatic carboxylic acids is 1. The Morgan fingerprint density at radius 1 is 1.20 bits per heavy atom. The van der Waals surface area contributed by atoms with Crippen LogP contribution in [0.5, 0.6) is 0 Å². The van der Waals surface area contributed by atoms with Crippen molar-refractivity contribution in [2.24, 2.45) is 0 Å². The Balaban J connectivity index is 1.91. The van der Waals surface area contributed by atoms with E-state index >= 15 is 0 Å². The normalized spacial score (nSPS) is 13.0. The molecule has 20 heavy (non-hydrogen) atoms. The van der Waals surface area contributed by atoms with Crippen LogP contribution in [0.2, 0.25) is 0 Å². The van der Waals surface area contributed by atoms with Gasteiger partial charge in [0.1, 0.15) is 0 Å². The van der Waals surface area contributed by atoms with Gasteiger partial charge in [0.15, 0.2) is 11.5 Å². The second-order valence-electron chi connectivity index (χ2n) is 4.90. The number of hydrogen-bond acceptors (Lipinski definition) is 4. The van der Waals surface area contributed by atoms with E-state index < -0.39 is 5.97 Å². The topological polar surface area (TPSA) is 88.2 Å². The summed E-state index contributed by atoms with van der Waals surface area (Å²) in [5.74, 6) is -0.690. The van der Waals surface area contributed by atoms with Gasteiger partial charge in [0.2, 0.25) is 0 Å². The molecule has 0 atom stereocenters. The summed E-state index contributed by atoms with van der Waals surface area (Å²) in [6, 6.07) is 9.09. The number of fused-ring (bicyclic) bond motifs is 1. The standard InChI is InChI=1S/C15H15N3O2/c16-12-6-7-13(15(19)20)18-14(12)17-11-5-4-9-2-1-3-10(9)8-11/h4-8H,1-3,16H2,(H,17,18)(H,19,20). The minimum Gasteiger partial charge on any atom is -0.477 e. The van der Waals surface area contributed by atoms with Crippen molar-refractivity contribution in [3.8, 4) is 0 Å². The number of hydrogen-bond donors (Lipinski definition) is 3. The van der Waals surface area contributed by atoms with E-state index in [0.717, 1.165) is 18.5 Å². The van der Waals surface area contributed by atoms with Gasteiger partial charge in [0, 0.05) is 5.69 Å². The number of aryl methyl sites for hydroxylation is 2. The minimum atomic E-state index is -1.07. The molecule has 4 N–H and O–H groups in total. The number of anilines is 3. The van der Waals surface area contributed by atoms with Gasteiger partial charge in [-0.15, -0.1) is 0 Å². The highest BCUT2D eigenvalue weighted by Gasteiger charge is 2.12. The molecule has 0 unspecified atom stereocenters. The molecule has 0 radical (unpaired) electrons. The Bertz CT molecular complexity index is 683. The predicted molar refractivity (Wildman–Crippen MR) is 77.4 cm³/mol. The second-order valence-corrected chi connectivity index (χ2v) is 4.90. The summed E-state index contributed by atoms with van der Waals surface area (Å²) in [6.07, 6.45) is 3.40. The number of nitrogens with zero attached hydrogens (tertiary/aromatic N) is 1. The number of aromatic nitrogens is 1. The zero-order valence-electron chi connectivity index (χ0n) is 10.9. The number of nitrogens with one attached hydrogen (secondary N) is 1. The number of carbonyl (C=O) groups is 1. The summed E-state index contributed by atoms with van der Waals surface area (Å²) in [7, 11) is 0. The third-order valence-corrected chi connectivity index (χ3v) is 3.51. The quantitative estimate of drug-likeness (QED) is 0.797. The Morgan fingerprint density at radius 3 is 2.80 bits per heavy atom. The molecule has 0 bridgehead atoms. The van der Waals surface area contributed by atoms with Gasteiger partial charge in [-0.2, -0.15) is 0 Å². The van der Waals surface area contributed by atoms with Crippen LogP contribution >= 0.6 is 0 Å². The zero-order chi connectivity index (χ0) is 14.1. The lowest BCUT2D eigenvalue weighted by molar-refractivity contribution is 0.0690. The number of carboxylic acid groups (broad SMARTS) is 1. The van der Waals surface area contributed by atoms with Crippen LogP contribution in [0.3, 0.4) is 0 Å². The number of benzene rings is 1. The maximum absolute atomic E-state index is 10.9. The lowest BCUT2D eigenvalue weighted by atomic mass is 10.1. The molecule has 5 nitrogen and oxygen atoms in total. The Labute approximate surface area is 116 Å². The highest BCUT2D eigenvalue weighted by molar-refractivity contribution is 5.87. The number of carboxylic acids is 1. The Morgan fingerprint density at radius 2 is 2.00 bits per heavy atom. The summed E-state index contributed by atoms with van der Waals surface area (Å²) in [4.78, 5) is 15.0. The summed E-state index contributed by atoms with van der Waals surface area (Å²) in [6.45, 7) is 0. The molecule has 1 aromatic carbocycles. The van der Waals surface area contributed by atoms with Gasteiger partial charge in [-0.1, -0.05) is 6.07 Å². The SMILES string of the molecule is Nc1ccc(C(=O)O)nc1Nc1ccc2c(c1)CCC2. The van der Waals surface area contributed by atoms with Crippen molar-refractivity contribution in [1.82, 2.24) is 4.98 Å². The molecule has 0 amide bonds. The first kappa shape index (κ1) is 12.5. The second kappa shape index (κ2) is 4.85. The van der Waals surface area contributed by atoms with Gasteiger partial charge in [-0.05, 0) is 54.7 Å². The van der Waals surface area contributed by atoms with Crippen LogP contribution in [-0.4, -0.2) is 16.1 Å². The average Bonchev–Trinajstić information content (AvgIpc) is 2.88. The molecule has 0 saturated carbocycles. The maximum atomic E-state index is 10.9. The Hall–Kier alpha value is -2.56. The maximum Gasteiger partial charge on any atom is 0.354 e. The van der Waals surface area contributed by atoms with Crippen molar-refractivity contribution in [2.75, 3.05) is 11.1 Å². The van der Waals surface area contributed by atoms with Gasteiger partial charge < -0.3 is 16.2 Å². The van der Waals surface area contributed by atoms with Crippen molar-refractivity contribution in [3.05, 3.63) is 47.2 Å². The van der Waals surface area contributed by atoms with E-state index in [1.807, 2.05) is 6.07 Å². The smallest absolute Gasteiger partial charge is 0.354 e. The van der Waals surface area contributed by atoms with E-state index in [9.17, 15) is 4.79 Å². The van der Waals surface area contributed by atoms with E-state index in [0.29, 0.717) is 11.5 Å². The molecule has 102 valence electrons. The first-order valence-corrected chi connectivity index (χ1v) is 6.52. The first-order chi connectivity index (χ1) is 9.63. The molecule has 1 aliphatic rings. The molecule has 1 aliphatic carbocycles. The molecular formula is C15H15N3O2. The van der Waals surface area contributed by atoms with E-state index in [1.54, 1.807) is 6.07 Å². The van der Waals surface area contributed by atoms with Crippen LogP contribution < -0.4 is 11.1 Å². The predicted octanol–water partition coefficient (Wildman–Crippen LogP) is 2.59. The van der Waals surface area contributed by atoms with Crippen LogP contribution in [0.4, 0.5) is 17.2 Å². The van der Waals surface area contributed by atoms with Gasteiger partial charge in [-0.3, -0.25) is 0 Å². The number of rotatable bonds is 3. The fourth-order valence-electron chi connectivity index (χ4n) is 2.48. The summed E-state index contributed by atoms with van der Waals surface area (Å²) < 4.78 is 0. The van der Waals surface area contributed by atoms with Crippen LogP contribution in [0.15, 0.2) is 30.3 Å². The monoisotopic (exact) mass is 269 g/mol. The van der Waals surface area contributed by atoms with Crippen molar-refractivity contribution in [1.29, 1.82) is 0 Å². The van der Waals surface area contributed by atoms with Crippen LogP contribution in [-0.2, 0) is 12.8 Å². The molecule has 0 aliphatic heterocycles. The summed E-state index contributed by atoms with van der Waals surface area (Å²) in [5, 5.41) is 12.1. The highest BCUT2D eigenvalue weighted by Crippen LogP contribution is 2.27. The fourth-order valence-corrected chi connectivity index (χ4v) is 2.48. The molecule has 0 saturated heterocycles. The van der Waals surface area contributed by atoms with Gasteiger partial charge in [0.05, 0.1) is 5.69 Å². The van der Waals surface area contributed by atoms with Crippen molar-refractivity contribution in [3.63, 3.8) is 0 Å². The zero-order valence-corrected chi connectivity index (χ0v) is 10.9. The molecule has 0 spiro atoms. The minimum absolute atomic E-state index is 0.0251. The third kappa shape index (κ3) is 2.30. The van der Waals surface area contributed by atoms with Crippen molar-refractivity contribution < 1.29 is 9.90 Å². The first-order valence-electron chi connectivity index (χ1n) is 6.52. The molecule has 1 heterocycles. The summed E-state index contributed by atoms with van der Waals surface area (Å²) >= 11 is 0. The summed E-state index contributed by atoms with van der Waals surface area (Å²) in [5.41, 5.74) is 9.84.